The molecule has 5 heteroatoms. The number of nitrogens with one attached hydrogen (secondary N) is 2. The van der Waals surface area contributed by atoms with E-state index in [1.54, 1.807) is 12.1 Å². The molecule has 2 atom stereocenters. The fourth-order valence-electron chi connectivity index (χ4n) is 2.48. The van der Waals surface area contributed by atoms with Crippen LogP contribution < -0.4 is 10.9 Å². The molecule has 0 aromatic heterocycles. The van der Waals surface area contributed by atoms with Gasteiger partial charge in [0.1, 0.15) is 5.82 Å². The molecule has 2 aliphatic heterocycles. The summed E-state index contributed by atoms with van der Waals surface area (Å²) in [7, 11) is 0. The Bertz CT molecular complexity index is 444. The lowest BCUT2D eigenvalue weighted by Gasteiger charge is -2.34. The van der Waals surface area contributed by atoms with Crippen LogP contribution in [0.2, 0.25) is 0 Å². The summed E-state index contributed by atoms with van der Waals surface area (Å²) in [6, 6.07) is 6.26. The van der Waals surface area contributed by atoms with Crippen molar-refractivity contribution in [3.8, 4) is 0 Å². The van der Waals surface area contributed by atoms with Crippen LogP contribution in [0.5, 0.6) is 0 Å². The Kier molecular flexibility index (Phi) is 3.01. The van der Waals surface area contributed by atoms with E-state index in [0.717, 1.165) is 25.1 Å². The fraction of sp³-hybridized carbons (Fsp3) is 0.462. The summed E-state index contributed by atoms with van der Waals surface area (Å²) >= 11 is 0. The summed E-state index contributed by atoms with van der Waals surface area (Å²) in [6.45, 7) is 2.36. The molecule has 0 radical (unpaired) electrons. The highest BCUT2D eigenvalue weighted by molar-refractivity contribution is 5.81. The van der Waals surface area contributed by atoms with Crippen LogP contribution in [0.3, 0.4) is 0 Å². The van der Waals surface area contributed by atoms with Crippen LogP contribution in [-0.4, -0.2) is 30.4 Å². The summed E-state index contributed by atoms with van der Waals surface area (Å²) in [4.78, 5) is 14.1. The second kappa shape index (κ2) is 4.66. The van der Waals surface area contributed by atoms with Crippen LogP contribution >= 0.6 is 0 Å². The topological polar surface area (TPSA) is 44.4 Å². The fourth-order valence-corrected chi connectivity index (χ4v) is 2.48. The standard InChI is InChI=1S/C13H16FN3O/c14-10-4-2-9(3-5-10)12-11(8-15-16-12)13(18)17-6-1-7-17/h2-5,11-12,15-16H,1,6-8H2. The maximum Gasteiger partial charge on any atom is 0.229 e. The normalized spacial score (nSPS) is 27.1. The van der Waals surface area contributed by atoms with Crippen LogP contribution in [-0.2, 0) is 4.79 Å². The Morgan fingerprint density at radius 3 is 2.61 bits per heavy atom. The number of carbonyl (C=O) groups is 1. The van der Waals surface area contributed by atoms with E-state index in [0.29, 0.717) is 6.54 Å². The molecular weight excluding hydrogens is 233 g/mol. The molecule has 0 saturated carbocycles. The minimum Gasteiger partial charge on any atom is -0.342 e. The molecular formula is C13H16FN3O. The highest BCUT2D eigenvalue weighted by Crippen LogP contribution is 2.27. The lowest BCUT2D eigenvalue weighted by molar-refractivity contribution is -0.139. The summed E-state index contributed by atoms with van der Waals surface area (Å²) in [5.41, 5.74) is 7.08. The monoisotopic (exact) mass is 249 g/mol. The van der Waals surface area contributed by atoms with E-state index in [9.17, 15) is 9.18 Å². The second-order valence-electron chi connectivity index (χ2n) is 4.84. The highest BCUT2D eigenvalue weighted by atomic mass is 19.1. The zero-order chi connectivity index (χ0) is 12.5. The van der Waals surface area contributed by atoms with Gasteiger partial charge in [-0.2, -0.15) is 0 Å². The van der Waals surface area contributed by atoms with Crippen molar-refractivity contribution in [2.75, 3.05) is 19.6 Å². The summed E-state index contributed by atoms with van der Waals surface area (Å²) in [6.07, 6.45) is 1.10. The van der Waals surface area contributed by atoms with Crippen molar-refractivity contribution < 1.29 is 9.18 Å². The molecule has 1 aromatic carbocycles. The molecule has 2 saturated heterocycles. The largest absolute Gasteiger partial charge is 0.342 e. The van der Waals surface area contributed by atoms with Gasteiger partial charge < -0.3 is 4.90 Å². The Morgan fingerprint density at radius 1 is 1.28 bits per heavy atom. The van der Waals surface area contributed by atoms with Crippen molar-refractivity contribution in [2.45, 2.75) is 12.5 Å². The zero-order valence-corrected chi connectivity index (χ0v) is 10.0. The van der Waals surface area contributed by atoms with Crippen LogP contribution in [0.15, 0.2) is 24.3 Å². The van der Waals surface area contributed by atoms with Gasteiger partial charge in [0.25, 0.3) is 0 Å². The number of benzene rings is 1. The Hall–Kier alpha value is -1.46. The molecule has 4 nitrogen and oxygen atoms in total. The van der Waals surface area contributed by atoms with Gasteiger partial charge in [0, 0.05) is 19.6 Å². The average molecular weight is 249 g/mol. The minimum absolute atomic E-state index is 0.0706. The van der Waals surface area contributed by atoms with Crippen LogP contribution in [0.1, 0.15) is 18.0 Å². The van der Waals surface area contributed by atoms with Gasteiger partial charge in [0.05, 0.1) is 12.0 Å². The quantitative estimate of drug-likeness (QED) is 0.815. The number of hydrazine groups is 1. The van der Waals surface area contributed by atoms with E-state index in [1.165, 1.54) is 12.1 Å². The summed E-state index contributed by atoms with van der Waals surface area (Å²) in [5.74, 6) is -0.167. The number of rotatable bonds is 2. The molecule has 1 amide bonds. The van der Waals surface area contributed by atoms with Crippen LogP contribution in [0, 0.1) is 11.7 Å². The molecule has 2 fully saturated rings. The lowest BCUT2D eigenvalue weighted by atomic mass is 9.93. The van der Waals surface area contributed by atoms with E-state index in [4.69, 9.17) is 0 Å². The van der Waals surface area contributed by atoms with Crippen molar-refractivity contribution in [2.24, 2.45) is 5.92 Å². The molecule has 18 heavy (non-hydrogen) atoms. The molecule has 2 unspecified atom stereocenters. The molecule has 1 aromatic rings. The predicted molar refractivity (Wildman–Crippen MR) is 65.0 cm³/mol. The Balaban J connectivity index is 1.78. The third-order valence-electron chi connectivity index (χ3n) is 3.70. The van der Waals surface area contributed by atoms with E-state index in [2.05, 4.69) is 10.9 Å². The minimum atomic E-state index is -0.254. The first-order chi connectivity index (χ1) is 8.75. The molecule has 0 aliphatic carbocycles. The van der Waals surface area contributed by atoms with Crippen LogP contribution in [0.25, 0.3) is 0 Å². The summed E-state index contributed by atoms with van der Waals surface area (Å²) in [5, 5.41) is 0. The first-order valence-corrected chi connectivity index (χ1v) is 6.28. The van der Waals surface area contributed by atoms with Gasteiger partial charge in [0.15, 0.2) is 0 Å². The van der Waals surface area contributed by atoms with Gasteiger partial charge in [-0.15, -0.1) is 0 Å². The Morgan fingerprint density at radius 2 is 2.00 bits per heavy atom. The number of amides is 1. The molecule has 2 N–H and O–H groups in total. The third kappa shape index (κ3) is 2.00. The molecule has 0 spiro atoms. The smallest absolute Gasteiger partial charge is 0.229 e. The number of nitrogens with zero attached hydrogens (tertiary/aromatic N) is 1. The number of carbonyl (C=O) groups excluding carboxylic acids is 1. The first-order valence-electron chi connectivity index (χ1n) is 6.28. The van der Waals surface area contributed by atoms with Gasteiger partial charge >= 0.3 is 0 Å². The number of hydrogen-bond donors (Lipinski definition) is 2. The Labute approximate surface area is 105 Å². The molecule has 3 rings (SSSR count). The van der Waals surface area contributed by atoms with Gasteiger partial charge in [-0.3, -0.25) is 10.2 Å². The van der Waals surface area contributed by atoms with Crippen molar-refractivity contribution >= 4 is 5.91 Å². The van der Waals surface area contributed by atoms with Crippen molar-refractivity contribution in [3.05, 3.63) is 35.6 Å². The van der Waals surface area contributed by atoms with E-state index in [-0.39, 0.29) is 23.7 Å². The SMILES string of the molecule is O=C(C1CNNC1c1ccc(F)cc1)N1CCC1. The molecule has 2 aliphatic rings. The maximum absolute atomic E-state index is 12.9. The molecule has 2 heterocycles. The van der Waals surface area contributed by atoms with Crippen molar-refractivity contribution in [1.82, 2.24) is 15.8 Å². The van der Waals surface area contributed by atoms with E-state index >= 15 is 0 Å². The third-order valence-corrected chi connectivity index (χ3v) is 3.70. The molecule has 0 bridgehead atoms. The predicted octanol–water partition coefficient (Wildman–Crippen LogP) is 0.823. The van der Waals surface area contributed by atoms with Crippen molar-refractivity contribution in [1.29, 1.82) is 0 Å². The van der Waals surface area contributed by atoms with Gasteiger partial charge in [-0.05, 0) is 24.1 Å². The van der Waals surface area contributed by atoms with Gasteiger partial charge in [-0.25, -0.2) is 9.82 Å². The summed E-state index contributed by atoms with van der Waals surface area (Å²) < 4.78 is 12.9. The van der Waals surface area contributed by atoms with E-state index in [1.807, 2.05) is 4.90 Å². The van der Waals surface area contributed by atoms with Crippen molar-refractivity contribution in [3.63, 3.8) is 0 Å². The van der Waals surface area contributed by atoms with Crippen LogP contribution in [0.4, 0.5) is 4.39 Å². The van der Waals surface area contributed by atoms with Gasteiger partial charge in [0.2, 0.25) is 5.91 Å². The number of likely N-dealkylation sites (tertiary alicyclic amines) is 1. The number of halogens is 1. The highest BCUT2D eigenvalue weighted by Gasteiger charge is 2.37. The first kappa shape index (κ1) is 11.6. The van der Waals surface area contributed by atoms with Gasteiger partial charge in [-0.1, -0.05) is 12.1 Å². The lowest BCUT2D eigenvalue weighted by Crippen LogP contribution is -2.46. The molecule has 96 valence electrons. The van der Waals surface area contributed by atoms with E-state index < -0.39 is 0 Å². The number of hydrogen-bond acceptors (Lipinski definition) is 3. The second-order valence-corrected chi connectivity index (χ2v) is 4.84. The zero-order valence-electron chi connectivity index (χ0n) is 10.0. The maximum atomic E-state index is 12.9. The average Bonchev–Trinajstić information content (AvgIpc) is 2.76.